The Bertz CT molecular complexity index is 417. The van der Waals surface area contributed by atoms with Crippen LogP contribution in [0.2, 0.25) is 0 Å². The summed E-state index contributed by atoms with van der Waals surface area (Å²) < 4.78 is 6.63. The van der Waals surface area contributed by atoms with E-state index in [0.29, 0.717) is 0 Å². The molecule has 0 radical (unpaired) electrons. The average molecular weight is 284 g/mol. The predicted octanol–water partition coefficient (Wildman–Crippen LogP) is 2.42. The fourth-order valence-corrected chi connectivity index (χ4v) is 2.49. The van der Waals surface area contributed by atoms with Crippen molar-refractivity contribution in [2.45, 2.75) is 25.5 Å². The highest BCUT2D eigenvalue weighted by Crippen LogP contribution is 2.35. The molecular weight excluding hydrogens is 270 g/mol. The van der Waals surface area contributed by atoms with Crippen LogP contribution in [0, 0.1) is 0 Å². The largest absolute Gasteiger partial charge is 0.361 e. The minimum Gasteiger partial charge on any atom is -0.361 e. The standard InChI is InChI=1S/C12H14BrNO2/c1-12(2)11(16-7-10(15)14-12)8-5-3-4-6-9(8)13/h3-6,11H,7H2,1-2H3,(H,14,15)/t11-/m1/s1. The molecule has 1 heterocycles. The fraction of sp³-hybridized carbons (Fsp3) is 0.417. The molecule has 0 saturated carbocycles. The maximum absolute atomic E-state index is 11.3. The van der Waals surface area contributed by atoms with Crippen LogP contribution in [0.5, 0.6) is 0 Å². The maximum Gasteiger partial charge on any atom is 0.246 e. The quantitative estimate of drug-likeness (QED) is 0.860. The lowest BCUT2D eigenvalue weighted by atomic mass is 9.90. The molecule has 1 aromatic rings. The van der Waals surface area contributed by atoms with Crippen molar-refractivity contribution >= 4 is 21.8 Å². The van der Waals surface area contributed by atoms with Crippen LogP contribution in [0.25, 0.3) is 0 Å². The normalized spacial score (nSPS) is 23.9. The first kappa shape index (κ1) is 11.6. The number of carbonyl (C=O) groups excluding carboxylic acids is 1. The van der Waals surface area contributed by atoms with Crippen molar-refractivity contribution in [1.82, 2.24) is 5.32 Å². The zero-order valence-corrected chi connectivity index (χ0v) is 10.9. The van der Waals surface area contributed by atoms with Crippen LogP contribution in [-0.2, 0) is 9.53 Å². The Morgan fingerprint density at radius 3 is 2.75 bits per heavy atom. The number of rotatable bonds is 1. The molecule has 0 unspecified atom stereocenters. The molecule has 86 valence electrons. The van der Waals surface area contributed by atoms with Crippen LogP contribution >= 0.6 is 15.9 Å². The number of hydrogen-bond acceptors (Lipinski definition) is 2. The first-order chi connectivity index (χ1) is 7.50. The van der Waals surface area contributed by atoms with Gasteiger partial charge in [0.15, 0.2) is 0 Å². The van der Waals surface area contributed by atoms with Gasteiger partial charge >= 0.3 is 0 Å². The highest BCUT2D eigenvalue weighted by Gasteiger charge is 2.38. The molecule has 1 atom stereocenters. The molecule has 1 fully saturated rings. The summed E-state index contributed by atoms with van der Waals surface area (Å²) in [5, 5.41) is 2.95. The second-order valence-corrected chi connectivity index (χ2v) is 5.34. The van der Waals surface area contributed by atoms with E-state index in [1.807, 2.05) is 38.1 Å². The molecule has 1 aliphatic rings. The third-order valence-electron chi connectivity index (χ3n) is 2.69. The van der Waals surface area contributed by atoms with E-state index in [1.165, 1.54) is 0 Å². The van der Waals surface area contributed by atoms with Crippen LogP contribution < -0.4 is 5.32 Å². The summed E-state index contributed by atoms with van der Waals surface area (Å²) in [7, 11) is 0. The Hall–Kier alpha value is -0.870. The molecule has 1 amide bonds. The smallest absolute Gasteiger partial charge is 0.246 e. The van der Waals surface area contributed by atoms with Crippen molar-refractivity contribution in [3.63, 3.8) is 0 Å². The number of ether oxygens (including phenoxy) is 1. The van der Waals surface area contributed by atoms with Crippen LogP contribution in [0.3, 0.4) is 0 Å². The van der Waals surface area contributed by atoms with Crippen LogP contribution in [0.15, 0.2) is 28.7 Å². The van der Waals surface area contributed by atoms with Crippen molar-refractivity contribution < 1.29 is 9.53 Å². The van der Waals surface area contributed by atoms with E-state index in [0.717, 1.165) is 10.0 Å². The summed E-state index contributed by atoms with van der Waals surface area (Å²) in [6.07, 6.45) is -0.124. The van der Waals surface area contributed by atoms with E-state index < -0.39 is 0 Å². The van der Waals surface area contributed by atoms with Crippen molar-refractivity contribution in [1.29, 1.82) is 0 Å². The number of carbonyl (C=O) groups is 1. The SMILES string of the molecule is CC1(C)NC(=O)CO[C@@H]1c1ccccc1Br. The minimum atomic E-state index is -0.390. The highest BCUT2D eigenvalue weighted by atomic mass is 79.9. The lowest BCUT2D eigenvalue weighted by molar-refractivity contribution is -0.142. The topological polar surface area (TPSA) is 38.3 Å². The van der Waals surface area contributed by atoms with Crippen molar-refractivity contribution in [2.75, 3.05) is 6.61 Å². The molecule has 3 nitrogen and oxygen atoms in total. The Morgan fingerprint density at radius 2 is 2.12 bits per heavy atom. The van der Waals surface area contributed by atoms with Gasteiger partial charge in [0.05, 0.1) is 5.54 Å². The molecular formula is C12H14BrNO2. The number of benzene rings is 1. The van der Waals surface area contributed by atoms with Gasteiger partial charge in [-0.05, 0) is 25.5 Å². The van der Waals surface area contributed by atoms with E-state index >= 15 is 0 Å². The van der Waals surface area contributed by atoms with E-state index in [1.54, 1.807) is 0 Å². The molecule has 0 aliphatic carbocycles. The highest BCUT2D eigenvalue weighted by molar-refractivity contribution is 9.10. The van der Waals surface area contributed by atoms with Gasteiger partial charge in [0.25, 0.3) is 0 Å². The monoisotopic (exact) mass is 283 g/mol. The van der Waals surface area contributed by atoms with Crippen LogP contribution in [-0.4, -0.2) is 18.1 Å². The molecule has 0 aromatic heterocycles. The van der Waals surface area contributed by atoms with Gasteiger partial charge in [0, 0.05) is 4.47 Å². The number of halogens is 1. The molecule has 1 N–H and O–H groups in total. The summed E-state index contributed by atoms with van der Waals surface area (Å²) in [6, 6.07) is 7.91. The van der Waals surface area contributed by atoms with Gasteiger partial charge in [-0.2, -0.15) is 0 Å². The third kappa shape index (κ3) is 2.13. The number of morpholine rings is 1. The number of hydrogen-bond donors (Lipinski definition) is 1. The van der Waals surface area contributed by atoms with Gasteiger partial charge in [-0.1, -0.05) is 34.1 Å². The Kier molecular flexibility index (Phi) is 3.04. The third-order valence-corrected chi connectivity index (χ3v) is 3.41. The molecule has 1 aliphatic heterocycles. The summed E-state index contributed by atoms with van der Waals surface area (Å²) >= 11 is 3.51. The lowest BCUT2D eigenvalue weighted by Crippen LogP contribution is -2.54. The average Bonchev–Trinajstić information content (AvgIpc) is 2.18. The summed E-state index contributed by atoms with van der Waals surface area (Å²) in [5.74, 6) is -0.0618. The van der Waals surface area contributed by atoms with Crippen LogP contribution in [0.4, 0.5) is 0 Å². The number of amides is 1. The first-order valence-electron chi connectivity index (χ1n) is 5.18. The number of nitrogens with one attached hydrogen (secondary N) is 1. The fourth-order valence-electron chi connectivity index (χ4n) is 1.99. The van der Waals surface area contributed by atoms with Gasteiger partial charge in [-0.3, -0.25) is 4.79 Å². The summed E-state index contributed by atoms with van der Waals surface area (Å²) in [6.45, 7) is 4.05. The van der Waals surface area contributed by atoms with Gasteiger partial charge in [0.1, 0.15) is 12.7 Å². The summed E-state index contributed by atoms with van der Waals surface area (Å²) in [5.41, 5.74) is 0.673. The first-order valence-corrected chi connectivity index (χ1v) is 5.97. The lowest BCUT2D eigenvalue weighted by Gasteiger charge is -2.39. The van der Waals surface area contributed by atoms with E-state index in [4.69, 9.17) is 4.74 Å². The second-order valence-electron chi connectivity index (χ2n) is 4.48. The molecule has 1 saturated heterocycles. The van der Waals surface area contributed by atoms with Gasteiger partial charge in [-0.25, -0.2) is 0 Å². The molecule has 0 bridgehead atoms. The Morgan fingerprint density at radius 1 is 1.44 bits per heavy atom. The summed E-state index contributed by atoms with van der Waals surface area (Å²) in [4.78, 5) is 11.3. The van der Waals surface area contributed by atoms with Crippen molar-refractivity contribution in [2.24, 2.45) is 0 Å². The maximum atomic E-state index is 11.3. The zero-order valence-electron chi connectivity index (χ0n) is 9.29. The van der Waals surface area contributed by atoms with Crippen LogP contribution in [0.1, 0.15) is 25.5 Å². The van der Waals surface area contributed by atoms with E-state index in [2.05, 4.69) is 21.2 Å². The van der Waals surface area contributed by atoms with E-state index in [-0.39, 0.29) is 24.2 Å². The molecule has 16 heavy (non-hydrogen) atoms. The molecule has 1 aromatic carbocycles. The zero-order chi connectivity index (χ0) is 11.8. The van der Waals surface area contributed by atoms with Gasteiger partial charge in [0.2, 0.25) is 5.91 Å². The predicted molar refractivity (Wildman–Crippen MR) is 65.1 cm³/mol. The van der Waals surface area contributed by atoms with Gasteiger partial charge < -0.3 is 10.1 Å². The molecule has 4 heteroatoms. The molecule has 0 spiro atoms. The van der Waals surface area contributed by atoms with Crippen molar-refractivity contribution in [3.8, 4) is 0 Å². The molecule has 2 rings (SSSR count). The van der Waals surface area contributed by atoms with E-state index in [9.17, 15) is 4.79 Å². The Labute approximate surface area is 103 Å². The van der Waals surface area contributed by atoms with Crippen molar-refractivity contribution in [3.05, 3.63) is 34.3 Å². The minimum absolute atomic E-state index is 0.0618. The van der Waals surface area contributed by atoms with Gasteiger partial charge in [-0.15, -0.1) is 0 Å². The Balaban J connectivity index is 2.34. The second kappa shape index (κ2) is 4.18.